The molecule has 1 atom stereocenters. The van der Waals surface area contributed by atoms with E-state index in [2.05, 4.69) is 26.2 Å². The molecule has 5 heteroatoms. The fourth-order valence-electron chi connectivity index (χ4n) is 1.76. The van der Waals surface area contributed by atoms with Gasteiger partial charge in [0.05, 0.1) is 6.61 Å². The van der Waals surface area contributed by atoms with Gasteiger partial charge in [0.2, 0.25) is 0 Å². The molecule has 1 aromatic rings. The lowest BCUT2D eigenvalue weighted by atomic mass is 10.0. The maximum absolute atomic E-state index is 5.57. The molecule has 1 aliphatic rings. The van der Waals surface area contributed by atoms with Crippen LogP contribution in [0.4, 0.5) is 0 Å². The minimum absolute atomic E-state index is 0.641. The van der Waals surface area contributed by atoms with Gasteiger partial charge in [0.15, 0.2) is 0 Å². The van der Waals surface area contributed by atoms with Gasteiger partial charge in [-0.1, -0.05) is 17.8 Å². The SMILES string of the molecule is Brc1csc(OCCC2CCCCN2)n1. The van der Waals surface area contributed by atoms with E-state index in [-0.39, 0.29) is 0 Å². The number of piperidine rings is 1. The van der Waals surface area contributed by atoms with E-state index in [9.17, 15) is 0 Å². The van der Waals surface area contributed by atoms with Crippen molar-refractivity contribution in [3.05, 3.63) is 9.98 Å². The zero-order valence-electron chi connectivity index (χ0n) is 8.54. The molecule has 0 spiro atoms. The molecule has 0 saturated carbocycles. The first-order valence-electron chi connectivity index (χ1n) is 5.32. The Morgan fingerprint density at radius 3 is 3.20 bits per heavy atom. The Bertz CT molecular complexity index is 299. The Hall–Kier alpha value is -0.130. The quantitative estimate of drug-likeness (QED) is 0.926. The molecular weight excluding hydrogens is 276 g/mol. The van der Waals surface area contributed by atoms with E-state index in [1.54, 1.807) is 0 Å². The zero-order valence-corrected chi connectivity index (χ0v) is 10.9. The van der Waals surface area contributed by atoms with Gasteiger partial charge in [0.1, 0.15) is 4.60 Å². The van der Waals surface area contributed by atoms with Crippen molar-refractivity contribution >= 4 is 27.3 Å². The Kier molecular flexibility index (Phi) is 4.41. The van der Waals surface area contributed by atoms with Crippen molar-refractivity contribution in [2.75, 3.05) is 13.2 Å². The summed E-state index contributed by atoms with van der Waals surface area (Å²) in [5, 5.41) is 6.20. The zero-order chi connectivity index (χ0) is 10.5. The van der Waals surface area contributed by atoms with E-state index in [1.807, 2.05) is 5.38 Å². The summed E-state index contributed by atoms with van der Waals surface area (Å²) in [6.45, 7) is 1.92. The van der Waals surface area contributed by atoms with E-state index in [0.717, 1.165) is 29.4 Å². The van der Waals surface area contributed by atoms with Gasteiger partial charge in [-0.25, -0.2) is 0 Å². The molecule has 0 bridgehead atoms. The number of rotatable bonds is 4. The number of nitrogens with zero attached hydrogens (tertiary/aromatic N) is 1. The molecule has 1 N–H and O–H groups in total. The summed E-state index contributed by atoms with van der Waals surface area (Å²) in [6, 6.07) is 0.641. The molecule has 1 aromatic heterocycles. The van der Waals surface area contributed by atoms with Crippen LogP contribution in [0.3, 0.4) is 0 Å². The molecule has 84 valence electrons. The average Bonchev–Trinajstić information content (AvgIpc) is 2.66. The molecule has 3 nitrogen and oxygen atoms in total. The summed E-state index contributed by atoms with van der Waals surface area (Å²) < 4.78 is 6.43. The maximum atomic E-state index is 5.57. The normalized spacial score (nSPS) is 21.5. The number of hydrogen-bond acceptors (Lipinski definition) is 4. The molecule has 1 unspecified atom stereocenters. The second-order valence-corrected chi connectivity index (χ2v) is 5.35. The standard InChI is InChI=1S/C10H15BrN2OS/c11-9-7-15-10(13-9)14-6-4-8-3-1-2-5-12-8/h7-8,12H,1-6H2. The first-order chi connectivity index (χ1) is 7.34. The van der Waals surface area contributed by atoms with Crippen LogP contribution in [-0.2, 0) is 0 Å². The number of halogens is 1. The highest BCUT2D eigenvalue weighted by atomic mass is 79.9. The third kappa shape index (κ3) is 3.74. The highest BCUT2D eigenvalue weighted by molar-refractivity contribution is 9.10. The summed E-state index contributed by atoms with van der Waals surface area (Å²) in [6.07, 6.45) is 5.03. The van der Waals surface area contributed by atoms with Crippen molar-refractivity contribution < 1.29 is 4.74 Å². The maximum Gasteiger partial charge on any atom is 0.274 e. The third-order valence-corrected chi connectivity index (χ3v) is 4.02. The van der Waals surface area contributed by atoms with E-state index >= 15 is 0 Å². The fourth-order valence-corrected chi connectivity index (χ4v) is 2.88. The van der Waals surface area contributed by atoms with E-state index in [0.29, 0.717) is 6.04 Å². The third-order valence-electron chi connectivity index (χ3n) is 2.56. The Morgan fingerprint density at radius 1 is 1.60 bits per heavy atom. The number of thiazole rings is 1. The smallest absolute Gasteiger partial charge is 0.274 e. The van der Waals surface area contributed by atoms with Crippen molar-refractivity contribution in [3.8, 4) is 5.19 Å². The molecule has 0 radical (unpaired) electrons. The van der Waals surface area contributed by atoms with E-state index in [1.165, 1.54) is 30.6 Å². The minimum Gasteiger partial charge on any atom is -0.470 e. The lowest BCUT2D eigenvalue weighted by molar-refractivity contribution is 0.267. The molecular formula is C10H15BrN2OS. The second-order valence-electron chi connectivity index (χ2n) is 3.72. The van der Waals surface area contributed by atoms with Gasteiger partial charge >= 0.3 is 0 Å². The van der Waals surface area contributed by atoms with Crippen LogP contribution in [0, 0.1) is 0 Å². The molecule has 0 amide bonds. The van der Waals surface area contributed by atoms with Crippen molar-refractivity contribution in [1.29, 1.82) is 0 Å². The molecule has 0 aliphatic carbocycles. The number of aromatic nitrogens is 1. The van der Waals surface area contributed by atoms with Gasteiger partial charge < -0.3 is 10.1 Å². The monoisotopic (exact) mass is 290 g/mol. The van der Waals surface area contributed by atoms with Gasteiger partial charge in [-0.3, -0.25) is 0 Å². The predicted molar refractivity (Wildman–Crippen MR) is 65.6 cm³/mol. The van der Waals surface area contributed by atoms with Crippen LogP contribution < -0.4 is 10.1 Å². The van der Waals surface area contributed by atoms with Gasteiger partial charge in [-0.05, 0) is 41.7 Å². The van der Waals surface area contributed by atoms with Crippen LogP contribution in [-0.4, -0.2) is 24.2 Å². The molecule has 2 heterocycles. The van der Waals surface area contributed by atoms with Gasteiger partial charge in [-0.2, -0.15) is 4.98 Å². The van der Waals surface area contributed by atoms with Gasteiger partial charge in [0, 0.05) is 11.4 Å². The second kappa shape index (κ2) is 5.82. The van der Waals surface area contributed by atoms with Crippen molar-refractivity contribution in [3.63, 3.8) is 0 Å². The number of nitrogens with one attached hydrogen (secondary N) is 1. The summed E-state index contributed by atoms with van der Waals surface area (Å²) in [4.78, 5) is 4.19. The first kappa shape index (κ1) is 11.4. The number of ether oxygens (including phenoxy) is 1. The van der Waals surface area contributed by atoms with Crippen molar-refractivity contribution in [2.24, 2.45) is 0 Å². The lowest BCUT2D eigenvalue weighted by Crippen LogP contribution is -2.35. The fraction of sp³-hybridized carbons (Fsp3) is 0.700. The molecule has 2 rings (SSSR count). The molecule has 0 aromatic carbocycles. The average molecular weight is 291 g/mol. The van der Waals surface area contributed by atoms with Crippen molar-refractivity contribution in [1.82, 2.24) is 10.3 Å². The van der Waals surface area contributed by atoms with E-state index < -0.39 is 0 Å². The largest absolute Gasteiger partial charge is 0.470 e. The summed E-state index contributed by atoms with van der Waals surface area (Å²) in [5.41, 5.74) is 0. The Balaban J connectivity index is 1.65. The first-order valence-corrected chi connectivity index (χ1v) is 6.99. The van der Waals surface area contributed by atoms with Crippen LogP contribution in [0.5, 0.6) is 5.19 Å². The molecule has 1 aliphatic heterocycles. The number of hydrogen-bond donors (Lipinski definition) is 1. The van der Waals surface area contributed by atoms with Gasteiger partial charge in [-0.15, -0.1) is 0 Å². The predicted octanol–water partition coefficient (Wildman–Crippen LogP) is 2.82. The summed E-state index contributed by atoms with van der Waals surface area (Å²) in [5.74, 6) is 0. The molecule has 15 heavy (non-hydrogen) atoms. The van der Waals surface area contributed by atoms with Crippen LogP contribution in [0.25, 0.3) is 0 Å². The topological polar surface area (TPSA) is 34.1 Å². The minimum atomic E-state index is 0.641. The highest BCUT2D eigenvalue weighted by Crippen LogP contribution is 2.22. The van der Waals surface area contributed by atoms with Crippen LogP contribution >= 0.6 is 27.3 Å². The molecule has 1 saturated heterocycles. The molecule has 1 fully saturated rings. The van der Waals surface area contributed by atoms with Crippen LogP contribution in [0.15, 0.2) is 9.98 Å². The van der Waals surface area contributed by atoms with Gasteiger partial charge in [0.25, 0.3) is 5.19 Å². The van der Waals surface area contributed by atoms with Crippen LogP contribution in [0.1, 0.15) is 25.7 Å². The van der Waals surface area contributed by atoms with Crippen molar-refractivity contribution in [2.45, 2.75) is 31.7 Å². The summed E-state index contributed by atoms with van der Waals surface area (Å²) in [7, 11) is 0. The Morgan fingerprint density at radius 2 is 2.53 bits per heavy atom. The lowest BCUT2D eigenvalue weighted by Gasteiger charge is -2.22. The highest BCUT2D eigenvalue weighted by Gasteiger charge is 2.12. The van der Waals surface area contributed by atoms with E-state index in [4.69, 9.17) is 4.74 Å². The Labute approximate surface area is 102 Å². The summed E-state index contributed by atoms with van der Waals surface area (Å²) >= 11 is 4.84. The van der Waals surface area contributed by atoms with Crippen LogP contribution in [0.2, 0.25) is 0 Å².